The van der Waals surface area contributed by atoms with Crippen LogP contribution in [0.3, 0.4) is 0 Å². The van der Waals surface area contributed by atoms with Gasteiger partial charge in [0, 0.05) is 0 Å². The Morgan fingerprint density at radius 3 is 2.83 bits per heavy atom. The van der Waals surface area contributed by atoms with Crippen LogP contribution in [0.1, 0.15) is 26.2 Å². The molecule has 0 unspecified atom stereocenters. The predicted octanol–water partition coefficient (Wildman–Crippen LogP) is 3.79. The Kier molecular flexibility index (Phi) is 4.22. The third-order valence-electron chi connectivity index (χ3n) is 1.83. The van der Waals surface area contributed by atoms with E-state index in [1.807, 2.05) is 0 Å². The van der Waals surface area contributed by atoms with E-state index in [1.165, 1.54) is 18.4 Å². The normalized spacial score (nSPS) is 28.9. The van der Waals surface area contributed by atoms with E-state index in [0.29, 0.717) is 0 Å². The Labute approximate surface area is 75.0 Å². The lowest BCUT2D eigenvalue weighted by molar-refractivity contribution is 0.921. The molecule has 0 amide bonds. The van der Waals surface area contributed by atoms with Crippen molar-refractivity contribution in [3.8, 4) is 0 Å². The zero-order valence-corrected chi connectivity index (χ0v) is 7.66. The molecule has 0 radical (unpaired) electrons. The van der Waals surface area contributed by atoms with E-state index in [1.54, 1.807) is 0 Å². The summed E-state index contributed by atoms with van der Waals surface area (Å²) in [5, 5.41) is 0. The minimum Gasteiger partial charge on any atom is -0.0807 e. The quantitative estimate of drug-likeness (QED) is 0.576. The Morgan fingerprint density at radius 2 is 2.00 bits per heavy atom. The van der Waals surface area contributed by atoms with Crippen molar-refractivity contribution in [2.45, 2.75) is 26.2 Å². The standard InChI is InChI=1S/C12H16/c1-2-9-12-10-7-5-3-4-6-8-11-12/h3-7,10-11H,2,8-9H2,1H3/b5-3-,6-4+,10-7+,12-11-. The van der Waals surface area contributed by atoms with Crippen molar-refractivity contribution in [2.24, 2.45) is 0 Å². The summed E-state index contributed by atoms with van der Waals surface area (Å²) in [6.45, 7) is 2.22. The van der Waals surface area contributed by atoms with Crippen molar-refractivity contribution < 1.29 is 0 Å². The molecule has 0 heterocycles. The first-order chi connectivity index (χ1) is 5.93. The molecule has 1 rings (SSSR count). The number of rotatable bonds is 2. The summed E-state index contributed by atoms with van der Waals surface area (Å²) in [5.74, 6) is 0. The number of hydrogen-bond donors (Lipinski definition) is 0. The van der Waals surface area contributed by atoms with Gasteiger partial charge in [-0.25, -0.2) is 0 Å². The van der Waals surface area contributed by atoms with Crippen molar-refractivity contribution in [1.82, 2.24) is 0 Å². The summed E-state index contributed by atoms with van der Waals surface area (Å²) in [5.41, 5.74) is 1.45. The summed E-state index contributed by atoms with van der Waals surface area (Å²) in [4.78, 5) is 0. The van der Waals surface area contributed by atoms with Gasteiger partial charge >= 0.3 is 0 Å². The van der Waals surface area contributed by atoms with Gasteiger partial charge in [0.15, 0.2) is 0 Å². The molecular weight excluding hydrogens is 144 g/mol. The molecule has 0 saturated carbocycles. The first-order valence-corrected chi connectivity index (χ1v) is 4.62. The van der Waals surface area contributed by atoms with Gasteiger partial charge in [-0.05, 0) is 12.8 Å². The predicted molar refractivity (Wildman–Crippen MR) is 55.0 cm³/mol. The van der Waals surface area contributed by atoms with Crippen LogP contribution in [0.25, 0.3) is 0 Å². The van der Waals surface area contributed by atoms with Gasteiger partial charge in [0.2, 0.25) is 0 Å². The smallest absolute Gasteiger partial charge is 0.0160 e. The van der Waals surface area contributed by atoms with Crippen LogP contribution in [0.4, 0.5) is 0 Å². The maximum atomic E-state index is 2.30. The molecule has 0 N–H and O–H groups in total. The third kappa shape index (κ3) is 3.38. The van der Waals surface area contributed by atoms with Crippen molar-refractivity contribution >= 4 is 0 Å². The van der Waals surface area contributed by atoms with Crippen LogP contribution in [-0.2, 0) is 0 Å². The van der Waals surface area contributed by atoms with Crippen LogP contribution >= 0.6 is 0 Å². The van der Waals surface area contributed by atoms with Crippen LogP contribution in [-0.4, -0.2) is 0 Å². The van der Waals surface area contributed by atoms with Crippen molar-refractivity contribution in [3.63, 3.8) is 0 Å². The van der Waals surface area contributed by atoms with Crippen LogP contribution in [0.15, 0.2) is 48.1 Å². The number of hydrogen-bond acceptors (Lipinski definition) is 0. The summed E-state index contributed by atoms with van der Waals surface area (Å²) in [7, 11) is 0. The third-order valence-corrected chi connectivity index (χ3v) is 1.83. The summed E-state index contributed by atoms with van der Waals surface area (Å²) < 4.78 is 0. The first-order valence-electron chi connectivity index (χ1n) is 4.62. The molecule has 1 aliphatic rings. The molecule has 0 atom stereocenters. The van der Waals surface area contributed by atoms with E-state index >= 15 is 0 Å². The Bertz CT molecular complexity index is 226. The molecule has 0 heteroatoms. The molecule has 0 nitrogen and oxygen atoms in total. The molecule has 0 aromatic heterocycles. The highest BCUT2D eigenvalue weighted by Crippen LogP contribution is 2.09. The second kappa shape index (κ2) is 5.59. The Balaban J connectivity index is 2.63. The second-order valence-corrected chi connectivity index (χ2v) is 2.94. The minimum absolute atomic E-state index is 1.06. The van der Waals surface area contributed by atoms with Gasteiger partial charge in [-0.2, -0.15) is 0 Å². The largest absolute Gasteiger partial charge is 0.0807 e. The SMILES string of the molecule is CCCC1=C/C/C=C/C=C\C=C\1. The lowest BCUT2D eigenvalue weighted by Gasteiger charge is -1.96. The van der Waals surface area contributed by atoms with E-state index in [9.17, 15) is 0 Å². The molecule has 0 saturated heterocycles. The molecule has 0 fully saturated rings. The highest BCUT2D eigenvalue weighted by atomic mass is 13.9. The fraction of sp³-hybridized carbons (Fsp3) is 0.333. The van der Waals surface area contributed by atoms with E-state index in [2.05, 4.69) is 49.5 Å². The van der Waals surface area contributed by atoms with Gasteiger partial charge < -0.3 is 0 Å². The summed E-state index contributed by atoms with van der Waals surface area (Å²) in [6.07, 6.45) is 18.5. The molecule has 0 bridgehead atoms. The average Bonchev–Trinajstić information content (AvgIpc) is 2.19. The van der Waals surface area contributed by atoms with E-state index in [4.69, 9.17) is 0 Å². The maximum absolute atomic E-state index is 2.30. The highest BCUT2D eigenvalue weighted by Gasteiger charge is 1.89. The van der Waals surface area contributed by atoms with Crippen LogP contribution in [0.2, 0.25) is 0 Å². The van der Waals surface area contributed by atoms with Crippen molar-refractivity contribution in [2.75, 3.05) is 0 Å². The van der Waals surface area contributed by atoms with Crippen LogP contribution in [0.5, 0.6) is 0 Å². The van der Waals surface area contributed by atoms with Gasteiger partial charge in [0.25, 0.3) is 0 Å². The molecule has 0 aromatic rings. The fourth-order valence-electron chi connectivity index (χ4n) is 1.23. The lowest BCUT2D eigenvalue weighted by Crippen LogP contribution is -1.76. The monoisotopic (exact) mass is 160 g/mol. The van der Waals surface area contributed by atoms with E-state index in [0.717, 1.165) is 6.42 Å². The topological polar surface area (TPSA) is 0 Å². The molecule has 64 valence electrons. The first kappa shape index (κ1) is 9.05. The van der Waals surface area contributed by atoms with Gasteiger partial charge in [-0.15, -0.1) is 0 Å². The van der Waals surface area contributed by atoms with Crippen LogP contribution < -0.4 is 0 Å². The fourth-order valence-corrected chi connectivity index (χ4v) is 1.23. The molecule has 0 aromatic carbocycles. The zero-order valence-electron chi connectivity index (χ0n) is 7.66. The number of allylic oxidation sites excluding steroid dienone is 8. The molecule has 0 spiro atoms. The van der Waals surface area contributed by atoms with Crippen LogP contribution in [0, 0.1) is 0 Å². The van der Waals surface area contributed by atoms with Gasteiger partial charge in [-0.1, -0.05) is 61.4 Å². The van der Waals surface area contributed by atoms with E-state index < -0.39 is 0 Å². The molecular formula is C12H16. The Morgan fingerprint density at radius 1 is 1.17 bits per heavy atom. The second-order valence-electron chi connectivity index (χ2n) is 2.94. The zero-order chi connectivity index (χ0) is 8.65. The summed E-state index contributed by atoms with van der Waals surface area (Å²) >= 11 is 0. The molecule has 0 aliphatic heterocycles. The van der Waals surface area contributed by atoms with Gasteiger partial charge in [0.05, 0.1) is 0 Å². The highest BCUT2D eigenvalue weighted by molar-refractivity contribution is 5.26. The molecule has 12 heavy (non-hydrogen) atoms. The minimum atomic E-state index is 1.06. The van der Waals surface area contributed by atoms with E-state index in [-0.39, 0.29) is 0 Å². The molecule has 1 aliphatic carbocycles. The van der Waals surface area contributed by atoms with Gasteiger partial charge in [-0.3, -0.25) is 0 Å². The van der Waals surface area contributed by atoms with Gasteiger partial charge in [0.1, 0.15) is 0 Å². The summed E-state index contributed by atoms with van der Waals surface area (Å²) in [6, 6.07) is 0. The Hall–Kier alpha value is -1.04. The van der Waals surface area contributed by atoms with Crippen molar-refractivity contribution in [3.05, 3.63) is 48.1 Å². The van der Waals surface area contributed by atoms with Crippen molar-refractivity contribution in [1.29, 1.82) is 0 Å². The maximum Gasteiger partial charge on any atom is -0.0160 e. The lowest BCUT2D eigenvalue weighted by atomic mass is 10.1. The average molecular weight is 160 g/mol.